The number of thiophene rings is 1. The van der Waals surface area contributed by atoms with Crippen molar-refractivity contribution in [1.82, 2.24) is 0 Å². The van der Waals surface area contributed by atoms with Gasteiger partial charge in [-0.15, -0.1) is 11.3 Å². The van der Waals surface area contributed by atoms with Crippen molar-refractivity contribution in [2.45, 2.75) is 13.3 Å². The van der Waals surface area contributed by atoms with Crippen LogP contribution in [0.3, 0.4) is 0 Å². The molecule has 84 valence electrons. The Balaban J connectivity index is 1.92. The van der Waals surface area contributed by atoms with Crippen LogP contribution in [0.15, 0.2) is 35.7 Å². The fraction of sp³-hybridized carbons (Fsp3) is 0.231. The lowest BCUT2D eigenvalue weighted by Crippen LogP contribution is -2.01. The molecule has 2 aromatic rings. The van der Waals surface area contributed by atoms with E-state index in [-0.39, 0.29) is 5.82 Å². The summed E-state index contributed by atoms with van der Waals surface area (Å²) in [6, 6.07) is 8.71. The molecule has 0 fully saturated rings. The van der Waals surface area contributed by atoms with E-state index >= 15 is 0 Å². The number of halogens is 1. The van der Waals surface area contributed by atoms with E-state index in [1.54, 1.807) is 17.4 Å². The van der Waals surface area contributed by atoms with Crippen molar-refractivity contribution in [3.05, 3.63) is 52.0 Å². The molecule has 1 aromatic carbocycles. The third-order valence-corrected chi connectivity index (χ3v) is 3.27. The van der Waals surface area contributed by atoms with Gasteiger partial charge in [0.2, 0.25) is 0 Å². The van der Waals surface area contributed by atoms with E-state index in [1.807, 2.05) is 18.4 Å². The molecule has 0 N–H and O–H groups in total. The summed E-state index contributed by atoms with van der Waals surface area (Å²) < 4.78 is 18.5. The summed E-state index contributed by atoms with van der Waals surface area (Å²) in [4.78, 5) is 1.29. The Hall–Kier alpha value is -1.35. The number of ether oxygens (including phenoxy) is 1. The summed E-state index contributed by atoms with van der Waals surface area (Å²) in [6.07, 6.45) is 0.869. The van der Waals surface area contributed by atoms with Crippen molar-refractivity contribution in [1.29, 1.82) is 0 Å². The third kappa shape index (κ3) is 2.83. The van der Waals surface area contributed by atoms with Crippen LogP contribution in [0.2, 0.25) is 0 Å². The first-order valence-electron chi connectivity index (χ1n) is 5.17. The zero-order valence-corrected chi connectivity index (χ0v) is 9.89. The smallest absolute Gasteiger partial charge is 0.126 e. The highest BCUT2D eigenvalue weighted by atomic mass is 32.1. The molecule has 16 heavy (non-hydrogen) atoms. The quantitative estimate of drug-likeness (QED) is 0.784. The van der Waals surface area contributed by atoms with Crippen molar-refractivity contribution in [3.63, 3.8) is 0 Å². The normalized spacial score (nSPS) is 10.4. The summed E-state index contributed by atoms with van der Waals surface area (Å²) in [5.41, 5.74) is 0.965. The van der Waals surface area contributed by atoms with E-state index < -0.39 is 0 Å². The van der Waals surface area contributed by atoms with Gasteiger partial charge in [-0.1, -0.05) is 12.1 Å². The molecule has 0 saturated carbocycles. The second-order valence-corrected chi connectivity index (χ2v) is 4.62. The van der Waals surface area contributed by atoms with E-state index in [9.17, 15) is 4.39 Å². The van der Waals surface area contributed by atoms with Gasteiger partial charge in [0.05, 0.1) is 6.61 Å². The summed E-state index contributed by atoms with van der Waals surface area (Å²) in [7, 11) is 0. The van der Waals surface area contributed by atoms with Crippen LogP contribution >= 0.6 is 11.3 Å². The van der Waals surface area contributed by atoms with Crippen molar-refractivity contribution in [3.8, 4) is 5.75 Å². The molecule has 1 heterocycles. The van der Waals surface area contributed by atoms with Crippen LogP contribution in [0.4, 0.5) is 4.39 Å². The Kier molecular flexibility index (Phi) is 3.57. The first kappa shape index (κ1) is 11.1. The molecule has 1 aromatic heterocycles. The Bertz CT molecular complexity index is 451. The second kappa shape index (κ2) is 5.12. The Morgan fingerprint density at radius 3 is 2.94 bits per heavy atom. The van der Waals surface area contributed by atoms with Gasteiger partial charge in [0.25, 0.3) is 0 Å². The Morgan fingerprint density at radius 2 is 2.19 bits per heavy atom. The van der Waals surface area contributed by atoms with Crippen molar-refractivity contribution >= 4 is 11.3 Å². The average Bonchev–Trinajstić information content (AvgIpc) is 2.76. The van der Waals surface area contributed by atoms with Crippen LogP contribution in [-0.2, 0) is 6.42 Å². The van der Waals surface area contributed by atoms with Crippen LogP contribution in [0, 0.1) is 12.7 Å². The fourth-order valence-corrected chi connectivity index (χ4v) is 2.14. The van der Waals surface area contributed by atoms with Gasteiger partial charge in [-0.3, -0.25) is 0 Å². The Morgan fingerprint density at radius 1 is 1.31 bits per heavy atom. The summed E-state index contributed by atoms with van der Waals surface area (Å²) in [5.74, 6) is 0.383. The molecular weight excluding hydrogens is 223 g/mol. The molecule has 1 nitrogen and oxygen atoms in total. The maximum Gasteiger partial charge on any atom is 0.126 e. The maximum absolute atomic E-state index is 13.0. The predicted octanol–water partition coefficient (Wildman–Crippen LogP) is 3.82. The van der Waals surface area contributed by atoms with Gasteiger partial charge in [0.15, 0.2) is 0 Å². The van der Waals surface area contributed by atoms with Gasteiger partial charge >= 0.3 is 0 Å². The number of aryl methyl sites for hydroxylation is 1. The van der Waals surface area contributed by atoms with E-state index in [1.165, 1.54) is 17.0 Å². The topological polar surface area (TPSA) is 9.23 Å². The minimum atomic E-state index is -0.253. The van der Waals surface area contributed by atoms with Gasteiger partial charge in [-0.05, 0) is 30.0 Å². The molecule has 0 radical (unpaired) electrons. The van der Waals surface area contributed by atoms with E-state index in [4.69, 9.17) is 4.74 Å². The molecule has 0 aliphatic carbocycles. The molecule has 0 spiro atoms. The number of hydrogen-bond donors (Lipinski definition) is 0. The van der Waals surface area contributed by atoms with Gasteiger partial charge in [0.1, 0.15) is 11.6 Å². The fourth-order valence-electron chi connectivity index (χ4n) is 1.45. The average molecular weight is 236 g/mol. The van der Waals surface area contributed by atoms with Gasteiger partial charge in [-0.25, -0.2) is 4.39 Å². The lowest BCUT2D eigenvalue weighted by atomic mass is 10.2. The summed E-state index contributed by atoms with van der Waals surface area (Å²) >= 11 is 1.71. The molecule has 0 aliphatic rings. The molecule has 0 bridgehead atoms. The van der Waals surface area contributed by atoms with E-state index in [0.717, 1.165) is 12.0 Å². The highest BCUT2D eigenvalue weighted by molar-refractivity contribution is 7.09. The molecule has 0 unspecified atom stereocenters. The minimum absolute atomic E-state index is 0.253. The lowest BCUT2D eigenvalue weighted by Gasteiger charge is -2.08. The highest BCUT2D eigenvalue weighted by Gasteiger charge is 2.01. The Labute approximate surface area is 98.5 Å². The van der Waals surface area contributed by atoms with Crippen molar-refractivity contribution in [2.24, 2.45) is 0 Å². The van der Waals surface area contributed by atoms with Crippen LogP contribution in [0.1, 0.15) is 10.4 Å². The first-order valence-corrected chi connectivity index (χ1v) is 6.05. The SMILES string of the molecule is Cc1ccc(F)cc1OCCc1cccs1. The zero-order valence-electron chi connectivity index (χ0n) is 9.07. The van der Waals surface area contributed by atoms with Crippen LogP contribution in [0.5, 0.6) is 5.75 Å². The zero-order chi connectivity index (χ0) is 11.4. The number of hydrogen-bond acceptors (Lipinski definition) is 2. The molecule has 0 atom stereocenters. The van der Waals surface area contributed by atoms with Gasteiger partial charge in [0, 0.05) is 17.4 Å². The van der Waals surface area contributed by atoms with Gasteiger partial charge in [-0.2, -0.15) is 0 Å². The van der Waals surface area contributed by atoms with Crippen LogP contribution in [-0.4, -0.2) is 6.61 Å². The largest absolute Gasteiger partial charge is 0.493 e. The summed E-state index contributed by atoms with van der Waals surface area (Å²) in [6.45, 7) is 2.50. The van der Waals surface area contributed by atoms with Crippen LogP contribution in [0.25, 0.3) is 0 Å². The lowest BCUT2D eigenvalue weighted by molar-refractivity contribution is 0.319. The highest BCUT2D eigenvalue weighted by Crippen LogP contribution is 2.19. The third-order valence-electron chi connectivity index (χ3n) is 2.34. The van der Waals surface area contributed by atoms with E-state index in [2.05, 4.69) is 6.07 Å². The number of benzene rings is 1. The standard InChI is InChI=1S/C13H13FOS/c1-10-4-5-11(14)9-13(10)15-7-6-12-3-2-8-16-12/h2-5,8-9H,6-7H2,1H3. The van der Waals surface area contributed by atoms with Crippen LogP contribution < -0.4 is 4.74 Å². The summed E-state index contributed by atoms with van der Waals surface area (Å²) in [5, 5.41) is 2.04. The molecule has 0 amide bonds. The second-order valence-electron chi connectivity index (χ2n) is 3.59. The molecular formula is C13H13FOS. The molecule has 0 aliphatic heterocycles. The number of rotatable bonds is 4. The van der Waals surface area contributed by atoms with Crippen molar-refractivity contribution < 1.29 is 9.13 Å². The first-order chi connectivity index (χ1) is 7.75. The van der Waals surface area contributed by atoms with E-state index in [0.29, 0.717) is 12.4 Å². The predicted molar refractivity (Wildman–Crippen MR) is 64.7 cm³/mol. The van der Waals surface area contributed by atoms with Gasteiger partial charge < -0.3 is 4.74 Å². The molecule has 2 rings (SSSR count). The van der Waals surface area contributed by atoms with Crippen molar-refractivity contribution in [2.75, 3.05) is 6.61 Å². The molecule has 3 heteroatoms. The molecule has 0 saturated heterocycles. The minimum Gasteiger partial charge on any atom is -0.493 e. The maximum atomic E-state index is 13.0. The monoisotopic (exact) mass is 236 g/mol.